The molecular weight excluding hydrogens is 202 g/mol. The van der Waals surface area contributed by atoms with E-state index in [9.17, 15) is 4.79 Å². The summed E-state index contributed by atoms with van der Waals surface area (Å²) in [4.78, 5) is 11.1. The van der Waals surface area contributed by atoms with Crippen LogP contribution in [0.5, 0.6) is 0 Å². The monoisotopic (exact) mass is 225 g/mol. The average molecular weight is 225 g/mol. The lowest BCUT2D eigenvalue weighted by Crippen LogP contribution is -2.20. The summed E-state index contributed by atoms with van der Waals surface area (Å²) in [5.74, 6) is 0.802. The van der Waals surface area contributed by atoms with E-state index in [1.165, 1.54) is 25.7 Å². The van der Waals surface area contributed by atoms with E-state index >= 15 is 0 Å². The fourth-order valence-corrected chi connectivity index (χ4v) is 2.00. The van der Waals surface area contributed by atoms with E-state index in [1.807, 2.05) is 0 Å². The molecule has 0 radical (unpaired) electrons. The van der Waals surface area contributed by atoms with Crippen molar-refractivity contribution < 1.29 is 4.52 Å². The number of rotatable bonds is 7. The van der Waals surface area contributed by atoms with Gasteiger partial charge in [0.25, 0.3) is 5.56 Å². The minimum Gasteiger partial charge on any atom is -0.383 e. The van der Waals surface area contributed by atoms with Crippen molar-refractivity contribution in [1.29, 1.82) is 0 Å². The number of unbranched alkanes of at least 4 members (excludes halogenated alkanes) is 3. The van der Waals surface area contributed by atoms with Gasteiger partial charge in [0.2, 0.25) is 0 Å². The summed E-state index contributed by atoms with van der Waals surface area (Å²) in [7, 11) is 0. The number of H-pyrrole nitrogens is 1. The molecule has 1 aromatic heterocycles. The minimum atomic E-state index is -0.136. The number of nitrogens with one attached hydrogen (secondary N) is 1. The molecule has 1 N–H and O–H groups in total. The molecule has 3 nitrogen and oxygen atoms in total. The number of hydrogen-bond donors (Lipinski definition) is 1. The Hall–Kier alpha value is -0.990. The molecule has 0 saturated heterocycles. The van der Waals surface area contributed by atoms with Crippen LogP contribution in [0.1, 0.15) is 65.1 Å². The number of hydrogen-bond acceptors (Lipinski definition) is 2. The molecule has 0 saturated carbocycles. The van der Waals surface area contributed by atoms with Crippen LogP contribution in [-0.2, 0) is 5.41 Å². The van der Waals surface area contributed by atoms with E-state index in [1.54, 1.807) is 6.07 Å². The summed E-state index contributed by atoms with van der Waals surface area (Å²) in [5.41, 5.74) is -0.129. The van der Waals surface area contributed by atoms with Crippen molar-refractivity contribution in [3.05, 3.63) is 22.2 Å². The van der Waals surface area contributed by atoms with E-state index < -0.39 is 0 Å². The van der Waals surface area contributed by atoms with Gasteiger partial charge in [-0.05, 0) is 12.8 Å². The van der Waals surface area contributed by atoms with Gasteiger partial charge in [0.15, 0.2) is 0 Å². The van der Waals surface area contributed by atoms with E-state index in [0.29, 0.717) is 0 Å². The third-order valence-electron chi connectivity index (χ3n) is 3.48. The lowest BCUT2D eigenvalue weighted by atomic mass is 9.80. The average Bonchev–Trinajstić information content (AvgIpc) is 2.71. The Bertz CT molecular complexity index is 353. The van der Waals surface area contributed by atoms with Gasteiger partial charge in [-0.25, -0.2) is 0 Å². The molecule has 0 aliphatic carbocycles. The summed E-state index contributed by atoms with van der Waals surface area (Å²) in [6.07, 6.45) is 7.09. The van der Waals surface area contributed by atoms with Crippen LogP contribution in [-0.4, -0.2) is 5.16 Å². The maximum absolute atomic E-state index is 11.1. The van der Waals surface area contributed by atoms with Crippen molar-refractivity contribution in [2.24, 2.45) is 0 Å². The highest BCUT2D eigenvalue weighted by Crippen LogP contribution is 2.32. The van der Waals surface area contributed by atoms with Gasteiger partial charge in [0.1, 0.15) is 5.76 Å². The lowest BCUT2D eigenvalue weighted by molar-refractivity contribution is 0.274. The molecule has 92 valence electrons. The second-order valence-corrected chi connectivity index (χ2v) is 4.80. The van der Waals surface area contributed by atoms with Crippen LogP contribution in [0.15, 0.2) is 15.4 Å². The molecule has 1 atom stereocenters. The fraction of sp³-hybridized carbons (Fsp3) is 0.769. The third kappa shape index (κ3) is 3.26. The molecule has 0 amide bonds. The molecule has 1 unspecified atom stereocenters. The Morgan fingerprint density at radius 2 is 2.06 bits per heavy atom. The highest BCUT2D eigenvalue weighted by atomic mass is 16.5. The van der Waals surface area contributed by atoms with Gasteiger partial charge in [-0.1, -0.05) is 46.5 Å². The molecule has 0 fully saturated rings. The summed E-state index contributed by atoms with van der Waals surface area (Å²) in [6.45, 7) is 6.53. The van der Waals surface area contributed by atoms with Crippen molar-refractivity contribution in [3.63, 3.8) is 0 Å². The summed E-state index contributed by atoms with van der Waals surface area (Å²) >= 11 is 0. The van der Waals surface area contributed by atoms with Gasteiger partial charge in [0.05, 0.1) is 0 Å². The van der Waals surface area contributed by atoms with Crippen LogP contribution in [0, 0.1) is 0 Å². The molecule has 3 heteroatoms. The maximum Gasteiger partial charge on any atom is 0.280 e. The van der Waals surface area contributed by atoms with Crippen LogP contribution in [0.25, 0.3) is 0 Å². The second-order valence-electron chi connectivity index (χ2n) is 4.80. The topological polar surface area (TPSA) is 46.0 Å². The predicted molar refractivity (Wildman–Crippen MR) is 65.7 cm³/mol. The maximum atomic E-state index is 11.1. The van der Waals surface area contributed by atoms with Crippen molar-refractivity contribution >= 4 is 0 Å². The molecule has 0 spiro atoms. The molecule has 0 aliphatic rings. The van der Waals surface area contributed by atoms with Gasteiger partial charge in [0, 0.05) is 11.5 Å². The third-order valence-corrected chi connectivity index (χ3v) is 3.48. The Kier molecular flexibility index (Phi) is 4.84. The zero-order chi connectivity index (χ0) is 12.0. The van der Waals surface area contributed by atoms with Gasteiger partial charge < -0.3 is 4.52 Å². The van der Waals surface area contributed by atoms with E-state index in [4.69, 9.17) is 4.52 Å². The van der Waals surface area contributed by atoms with Crippen LogP contribution in [0.3, 0.4) is 0 Å². The van der Waals surface area contributed by atoms with Crippen LogP contribution in [0.2, 0.25) is 0 Å². The van der Waals surface area contributed by atoms with Gasteiger partial charge in [-0.3, -0.25) is 4.79 Å². The number of aromatic nitrogens is 1. The van der Waals surface area contributed by atoms with Gasteiger partial charge in [-0.15, -0.1) is 0 Å². The van der Waals surface area contributed by atoms with Crippen molar-refractivity contribution in [3.8, 4) is 0 Å². The molecule has 1 rings (SSSR count). The van der Waals surface area contributed by atoms with Crippen LogP contribution < -0.4 is 5.56 Å². The number of aromatic amines is 1. The largest absolute Gasteiger partial charge is 0.383 e. The summed E-state index contributed by atoms with van der Waals surface area (Å²) in [6, 6.07) is 1.59. The minimum absolute atomic E-state index is 0.00685. The first kappa shape index (κ1) is 13.1. The SMILES string of the molecule is CCCCCCC(C)(CC)c1cc(=O)[nH]o1. The van der Waals surface area contributed by atoms with Gasteiger partial charge >= 0.3 is 0 Å². The van der Waals surface area contributed by atoms with Crippen LogP contribution in [0.4, 0.5) is 0 Å². The molecule has 16 heavy (non-hydrogen) atoms. The van der Waals surface area contributed by atoms with Crippen molar-refractivity contribution in [2.75, 3.05) is 0 Å². The first-order valence-electron chi connectivity index (χ1n) is 6.31. The lowest BCUT2D eigenvalue weighted by Gasteiger charge is -2.24. The normalized spacial score (nSPS) is 14.9. The zero-order valence-electron chi connectivity index (χ0n) is 10.6. The molecule has 0 aliphatic heterocycles. The predicted octanol–water partition coefficient (Wildman–Crippen LogP) is 3.61. The highest BCUT2D eigenvalue weighted by Gasteiger charge is 2.28. The first-order valence-corrected chi connectivity index (χ1v) is 6.31. The Balaban J connectivity index is 2.59. The Morgan fingerprint density at radius 3 is 2.56 bits per heavy atom. The standard InChI is InChI=1S/C13H23NO2/c1-4-6-7-8-9-13(3,5-2)11-10-12(15)14-16-11/h10H,4-9H2,1-3H3,(H,14,15). The second kappa shape index (κ2) is 5.92. The van der Waals surface area contributed by atoms with Gasteiger partial charge in [-0.2, -0.15) is 5.16 Å². The molecule has 0 bridgehead atoms. The molecule has 0 aromatic carbocycles. The molecule has 1 heterocycles. The summed E-state index contributed by atoms with van der Waals surface area (Å²) in [5, 5.41) is 2.38. The first-order chi connectivity index (χ1) is 7.62. The highest BCUT2D eigenvalue weighted by molar-refractivity contribution is 5.09. The van der Waals surface area contributed by atoms with E-state index in [0.717, 1.165) is 18.6 Å². The van der Waals surface area contributed by atoms with Crippen LogP contribution >= 0.6 is 0 Å². The smallest absolute Gasteiger partial charge is 0.280 e. The van der Waals surface area contributed by atoms with Crippen molar-refractivity contribution in [2.45, 2.75) is 64.7 Å². The molecular formula is C13H23NO2. The Labute approximate surface area is 97.2 Å². The fourth-order valence-electron chi connectivity index (χ4n) is 2.00. The zero-order valence-corrected chi connectivity index (χ0v) is 10.6. The van der Waals surface area contributed by atoms with Crippen molar-refractivity contribution in [1.82, 2.24) is 5.16 Å². The molecule has 1 aromatic rings. The van der Waals surface area contributed by atoms with E-state index in [-0.39, 0.29) is 11.0 Å². The summed E-state index contributed by atoms with van der Waals surface area (Å²) < 4.78 is 5.24. The van der Waals surface area contributed by atoms with E-state index in [2.05, 4.69) is 25.9 Å². The quantitative estimate of drug-likeness (QED) is 0.720. The Morgan fingerprint density at radius 1 is 1.31 bits per heavy atom.